The number of fused-ring (bicyclic) bond motifs is 2. The molecular formula is C33H31N5O4S. The van der Waals surface area contributed by atoms with E-state index >= 15 is 0 Å². The van der Waals surface area contributed by atoms with Gasteiger partial charge >= 0.3 is 5.97 Å². The first-order valence-corrected chi connectivity index (χ1v) is 15.5. The van der Waals surface area contributed by atoms with Gasteiger partial charge in [0.25, 0.3) is 0 Å². The Kier molecular flexibility index (Phi) is 7.53. The SMILES string of the molecule is N#Cc1cccc2c(COc3cccc(C4CCN(Cc5nc6ccc(C(=O)O)cc6n5C[C@@H]5CCO5)CC4)n3)csc12. The smallest absolute Gasteiger partial charge is 0.335 e. The number of aromatic nitrogens is 3. The number of hydrogen-bond donors (Lipinski definition) is 1. The molecule has 0 amide bonds. The highest BCUT2D eigenvalue weighted by molar-refractivity contribution is 7.17. The van der Waals surface area contributed by atoms with Crippen LogP contribution in [0.2, 0.25) is 0 Å². The van der Waals surface area contributed by atoms with Crippen LogP contribution >= 0.6 is 11.3 Å². The van der Waals surface area contributed by atoms with Crippen LogP contribution in [0.4, 0.5) is 0 Å². The second-order valence-corrected chi connectivity index (χ2v) is 12.1. The Morgan fingerprint density at radius 3 is 2.72 bits per heavy atom. The van der Waals surface area contributed by atoms with Gasteiger partial charge in [-0.2, -0.15) is 5.26 Å². The Hall–Kier alpha value is -4.30. The van der Waals surface area contributed by atoms with E-state index in [1.165, 1.54) is 0 Å². The van der Waals surface area contributed by atoms with Crippen molar-refractivity contribution in [3.8, 4) is 11.9 Å². The van der Waals surface area contributed by atoms with Gasteiger partial charge in [0.15, 0.2) is 0 Å². The molecule has 3 aromatic heterocycles. The van der Waals surface area contributed by atoms with Crippen LogP contribution in [0, 0.1) is 11.3 Å². The number of hydrogen-bond acceptors (Lipinski definition) is 8. The lowest BCUT2D eigenvalue weighted by molar-refractivity contribution is -0.0592. The van der Waals surface area contributed by atoms with Crippen LogP contribution in [0.3, 0.4) is 0 Å². The number of thiophene rings is 1. The molecule has 218 valence electrons. The van der Waals surface area contributed by atoms with Crippen molar-refractivity contribution < 1.29 is 19.4 Å². The summed E-state index contributed by atoms with van der Waals surface area (Å²) >= 11 is 1.57. The molecule has 10 heteroatoms. The summed E-state index contributed by atoms with van der Waals surface area (Å²) in [6.07, 6.45) is 3.12. The van der Waals surface area contributed by atoms with Crippen molar-refractivity contribution in [2.45, 2.75) is 51.0 Å². The molecule has 2 aromatic carbocycles. The van der Waals surface area contributed by atoms with Crippen LogP contribution in [-0.4, -0.2) is 56.3 Å². The first-order chi connectivity index (χ1) is 21.1. The lowest BCUT2D eigenvalue weighted by Gasteiger charge is -2.32. The standard InChI is InChI=1S/C33H31N5O4S/c34-16-23-3-1-4-26-24(20-43-32(23)26)19-42-31-6-2-5-27(36-31)21-9-12-37(13-10-21)18-30-35-28-8-7-22(33(39)40)15-29(28)38(30)17-25-11-14-41-25/h1-8,15,20-21,25H,9-14,17-19H2,(H,39,40)/t25-/m0/s1. The molecule has 0 spiro atoms. The number of imidazole rings is 1. The van der Waals surface area contributed by atoms with E-state index in [-0.39, 0.29) is 11.7 Å². The maximum Gasteiger partial charge on any atom is 0.335 e. The van der Waals surface area contributed by atoms with Gasteiger partial charge in [0.05, 0.1) is 46.1 Å². The quantitative estimate of drug-likeness (QED) is 0.223. The number of nitrogens with zero attached hydrogens (tertiary/aromatic N) is 5. The minimum Gasteiger partial charge on any atom is -0.478 e. The molecule has 0 saturated carbocycles. The molecule has 2 saturated heterocycles. The van der Waals surface area contributed by atoms with Gasteiger partial charge in [-0.3, -0.25) is 4.90 Å². The number of pyridine rings is 1. The third-order valence-corrected chi connectivity index (χ3v) is 9.62. The van der Waals surface area contributed by atoms with E-state index in [1.807, 2.05) is 30.3 Å². The summed E-state index contributed by atoms with van der Waals surface area (Å²) in [7, 11) is 0. The van der Waals surface area contributed by atoms with E-state index in [0.29, 0.717) is 37.1 Å². The maximum atomic E-state index is 11.6. The molecule has 5 aromatic rings. The van der Waals surface area contributed by atoms with Crippen LogP contribution in [0.25, 0.3) is 21.1 Å². The summed E-state index contributed by atoms with van der Waals surface area (Å²) in [5.41, 5.74) is 4.74. The fourth-order valence-corrected chi connectivity index (χ4v) is 7.07. The number of carbonyl (C=O) groups is 1. The molecule has 1 N–H and O–H groups in total. The second-order valence-electron chi connectivity index (χ2n) is 11.2. The summed E-state index contributed by atoms with van der Waals surface area (Å²) in [5.74, 6) is 0.974. The molecular weight excluding hydrogens is 562 g/mol. The number of benzene rings is 2. The summed E-state index contributed by atoms with van der Waals surface area (Å²) in [4.78, 5) is 23.8. The van der Waals surface area contributed by atoms with Gasteiger partial charge in [-0.25, -0.2) is 14.8 Å². The third kappa shape index (κ3) is 5.59. The summed E-state index contributed by atoms with van der Waals surface area (Å²) in [5, 5.41) is 22.0. The number of carboxylic acids is 1. The van der Waals surface area contributed by atoms with Gasteiger partial charge in [-0.05, 0) is 68.1 Å². The fraction of sp³-hybridized carbons (Fsp3) is 0.333. The molecule has 2 aliphatic rings. The average Bonchev–Trinajstić information content (AvgIpc) is 3.58. The Bertz CT molecular complexity index is 1850. The topological polar surface area (TPSA) is 114 Å². The zero-order valence-electron chi connectivity index (χ0n) is 23.6. The predicted molar refractivity (Wildman–Crippen MR) is 163 cm³/mol. The van der Waals surface area contributed by atoms with Gasteiger partial charge in [0.1, 0.15) is 18.5 Å². The number of carboxylic acid groups (broad SMARTS) is 1. The fourth-order valence-electron chi connectivity index (χ4n) is 6.05. The highest BCUT2D eigenvalue weighted by atomic mass is 32.1. The number of aromatic carboxylic acids is 1. The van der Waals surface area contributed by atoms with Crippen molar-refractivity contribution in [2.75, 3.05) is 19.7 Å². The highest BCUT2D eigenvalue weighted by Crippen LogP contribution is 2.32. The van der Waals surface area contributed by atoms with Gasteiger partial charge < -0.3 is 19.1 Å². The maximum absolute atomic E-state index is 11.6. The van der Waals surface area contributed by atoms with E-state index < -0.39 is 5.97 Å². The van der Waals surface area contributed by atoms with E-state index in [9.17, 15) is 15.2 Å². The predicted octanol–water partition coefficient (Wildman–Crippen LogP) is 5.96. The van der Waals surface area contributed by atoms with Crippen molar-refractivity contribution in [1.82, 2.24) is 19.4 Å². The van der Waals surface area contributed by atoms with Gasteiger partial charge in [0.2, 0.25) is 5.88 Å². The molecule has 2 aliphatic heterocycles. The summed E-state index contributed by atoms with van der Waals surface area (Å²) in [6, 6.07) is 19.2. The molecule has 0 bridgehead atoms. The Morgan fingerprint density at radius 1 is 1.12 bits per heavy atom. The zero-order valence-corrected chi connectivity index (χ0v) is 24.4. The van der Waals surface area contributed by atoms with E-state index in [1.54, 1.807) is 29.5 Å². The van der Waals surface area contributed by atoms with E-state index in [0.717, 1.165) is 77.2 Å². The molecule has 9 nitrogen and oxygen atoms in total. The number of rotatable bonds is 9. The van der Waals surface area contributed by atoms with Crippen molar-refractivity contribution in [1.29, 1.82) is 5.26 Å². The van der Waals surface area contributed by atoms with Gasteiger partial charge in [-0.15, -0.1) is 11.3 Å². The van der Waals surface area contributed by atoms with Gasteiger partial charge in [-0.1, -0.05) is 18.2 Å². The molecule has 43 heavy (non-hydrogen) atoms. The average molecular weight is 594 g/mol. The molecule has 1 atom stereocenters. The minimum atomic E-state index is -0.935. The molecule has 7 rings (SSSR count). The highest BCUT2D eigenvalue weighted by Gasteiger charge is 2.26. The summed E-state index contributed by atoms with van der Waals surface area (Å²) in [6.45, 7) is 4.41. The first kappa shape index (κ1) is 27.5. The van der Waals surface area contributed by atoms with Gasteiger partial charge in [0, 0.05) is 35.2 Å². The van der Waals surface area contributed by atoms with Crippen molar-refractivity contribution >= 4 is 38.4 Å². The molecule has 0 aliphatic carbocycles. The van der Waals surface area contributed by atoms with Crippen LogP contribution in [-0.2, 0) is 24.4 Å². The number of piperidine rings is 1. The molecule has 2 fully saturated rings. The number of ether oxygens (including phenoxy) is 2. The minimum absolute atomic E-state index is 0.143. The Morgan fingerprint density at radius 2 is 1.95 bits per heavy atom. The third-order valence-electron chi connectivity index (χ3n) is 8.55. The first-order valence-electron chi connectivity index (χ1n) is 14.6. The number of likely N-dealkylation sites (tertiary alicyclic amines) is 1. The lowest BCUT2D eigenvalue weighted by Crippen LogP contribution is -2.35. The zero-order chi connectivity index (χ0) is 29.3. The summed E-state index contributed by atoms with van der Waals surface area (Å²) < 4.78 is 15.0. The van der Waals surface area contributed by atoms with Crippen molar-refractivity contribution in [2.24, 2.45) is 0 Å². The van der Waals surface area contributed by atoms with Crippen LogP contribution in [0.1, 0.15) is 58.2 Å². The largest absolute Gasteiger partial charge is 0.478 e. The van der Waals surface area contributed by atoms with Crippen molar-refractivity contribution in [3.63, 3.8) is 0 Å². The van der Waals surface area contributed by atoms with Crippen LogP contribution in [0.15, 0.2) is 60.0 Å². The molecule has 0 radical (unpaired) electrons. The molecule has 5 heterocycles. The van der Waals surface area contributed by atoms with Crippen molar-refractivity contribution in [3.05, 3.63) is 88.2 Å². The van der Waals surface area contributed by atoms with E-state index in [2.05, 4.69) is 27.0 Å². The Balaban J connectivity index is 1.01. The van der Waals surface area contributed by atoms with Crippen LogP contribution in [0.5, 0.6) is 5.88 Å². The number of nitriles is 1. The monoisotopic (exact) mass is 593 g/mol. The lowest BCUT2D eigenvalue weighted by atomic mass is 9.93. The van der Waals surface area contributed by atoms with Crippen LogP contribution < -0.4 is 4.74 Å². The van der Waals surface area contributed by atoms with E-state index in [4.69, 9.17) is 19.4 Å². The normalized spacial score (nSPS) is 17.6. The Labute approximate surface area is 252 Å². The molecule has 0 unspecified atom stereocenters. The second kappa shape index (κ2) is 11.8.